The van der Waals surface area contributed by atoms with Gasteiger partial charge >= 0.3 is 0 Å². The van der Waals surface area contributed by atoms with Crippen LogP contribution in [0.4, 0.5) is 11.4 Å². The molecule has 4 nitrogen and oxygen atoms in total. The molecule has 3 aromatic carbocycles. The number of anilines is 2. The van der Waals surface area contributed by atoms with Gasteiger partial charge in [-0.05, 0) is 29.8 Å². The highest BCUT2D eigenvalue weighted by atomic mass is 16.2. The lowest BCUT2D eigenvalue weighted by Crippen LogP contribution is -2.46. The molecular formula is C26H22N2O2. The van der Waals surface area contributed by atoms with Gasteiger partial charge in [0.15, 0.2) is 11.6 Å². The monoisotopic (exact) mass is 394 g/mol. The lowest BCUT2D eigenvalue weighted by Gasteiger charge is -2.38. The second kappa shape index (κ2) is 7.64. The molecule has 3 aromatic rings. The number of hydrogen-bond donors (Lipinski definition) is 0. The maximum atomic E-state index is 12.8. The normalized spacial score (nSPS) is 16.1. The predicted molar refractivity (Wildman–Crippen MR) is 120 cm³/mol. The van der Waals surface area contributed by atoms with Gasteiger partial charge in [0, 0.05) is 48.7 Å². The van der Waals surface area contributed by atoms with Crippen molar-refractivity contribution in [2.24, 2.45) is 0 Å². The Labute approximate surface area is 176 Å². The first-order chi connectivity index (χ1) is 14.7. The number of fused-ring (bicyclic) bond motifs is 1. The summed E-state index contributed by atoms with van der Waals surface area (Å²) in [6.45, 7) is 3.63. The van der Waals surface area contributed by atoms with E-state index in [9.17, 15) is 9.59 Å². The molecule has 2 aliphatic rings. The predicted octanol–water partition coefficient (Wildman–Crippen LogP) is 4.48. The van der Waals surface area contributed by atoms with E-state index >= 15 is 0 Å². The SMILES string of the molecule is O=C1C(=Cc2ccccc2N2CCN(c3ccccc3)CC2)C(=O)c2ccccc21. The zero-order valence-corrected chi connectivity index (χ0v) is 16.6. The first kappa shape index (κ1) is 18.4. The third-order valence-corrected chi connectivity index (χ3v) is 5.88. The molecule has 0 spiro atoms. The van der Waals surface area contributed by atoms with E-state index in [1.165, 1.54) is 5.69 Å². The van der Waals surface area contributed by atoms with Crippen LogP contribution < -0.4 is 9.80 Å². The molecule has 0 amide bonds. The molecule has 0 N–H and O–H groups in total. The molecule has 1 saturated heterocycles. The summed E-state index contributed by atoms with van der Waals surface area (Å²) in [4.78, 5) is 30.3. The van der Waals surface area contributed by atoms with Crippen molar-refractivity contribution in [1.29, 1.82) is 0 Å². The molecule has 0 unspecified atom stereocenters. The van der Waals surface area contributed by atoms with E-state index in [0.717, 1.165) is 37.4 Å². The molecule has 0 atom stereocenters. The third kappa shape index (κ3) is 3.20. The van der Waals surface area contributed by atoms with Crippen LogP contribution in [0, 0.1) is 0 Å². The van der Waals surface area contributed by atoms with Crippen LogP contribution in [0.25, 0.3) is 6.08 Å². The van der Waals surface area contributed by atoms with Crippen LogP contribution in [0.3, 0.4) is 0 Å². The van der Waals surface area contributed by atoms with E-state index in [-0.39, 0.29) is 17.1 Å². The second-order valence-electron chi connectivity index (χ2n) is 7.63. The molecule has 1 aliphatic carbocycles. The minimum Gasteiger partial charge on any atom is -0.368 e. The van der Waals surface area contributed by atoms with Crippen molar-refractivity contribution >= 4 is 29.0 Å². The Morgan fingerprint density at radius 1 is 0.600 bits per heavy atom. The van der Waals surface area contributed by atoms with Gasteiger partial charge in [-0.15, -0.1) is 0 Å². The zero-order valence-electron chi connectivity index (χ0n) is 16.6. The van der Waals surface area contributed by atoms with E-state index in [4.69, 9.17) is 0 Å². The third-order valence-electron chi connectivity index (χ3n) is 5.88. The summed E-state index contributed by atoms with van der Waals surface area (Å²) in [5.41, 5.74) is 4.48. The highest BCUT2D eigenvalue weighted by Crippen LogP contribution is 2.31. The largest absolute Gasteiger partial charge is 0.368 e. The number of rotatable bonds is 3. The standard InChI is InChI=1S/C26H22N2O2/c29-25-21-11-5-6-12-22(21)26(30)23(25)18-19-8-4-7-13-24(19)28-16-14-27(15-17-28)20-9-2-1-3-10-20/h1-13,18H,14-17H2. The summed E-state index contributed by atoms with van der Waals surface area (Å²) in [5, 5.41) is 0. The van der Waals surface area contributed by atoms with Crippen molar-refractivity contribution in [2.45, 2.75) is 0 Å². The molecular weight excluding hydrogens is 372 g/mol. The van der Waals surface area contributed by atoms with Crippen LogP contribution in [-0.2, 0) is 0 Å². The van der Waals surface area contributed by atoms with E-state index in [2.05, 4.69) is 40.1 Å². The van der Waals surface area contributed by atoms with Crippen molar-refractivity contribution < 1.29 is 9.59 Å². The Morgan fingerprint density at radius 2 is 1.13 bits per heavy atom. The van der Waals surface area contributed by atoms with Gasteiger partial charge in [0.05, 0.1) is 5.57 Å². The van der Waals surface area contributed by atoms with Gasteiger partial charge in [0.25, 0.3) is 0 Å². The summed E-state index contributed by atoms with van der Waals surface area (Å²) in [5.74, 6) is -0.362. The van der Waals surface area contributed by atoms with Crippen molar-refractivity contribution in [3.05, 3.63) is 101 Å². The van der Waals surface area contributed by atoms with Crippen LogP contribution >= 0.6 is 0 Å². The molecule has 1 aliphatic heterocycles. The number of allylic oxidation sites excluding steroid dienone is 1. The minimum atomic E-state index is -0.181. The molecule has 4 heteroatoms. The molecule has 0 bridgehead atoms. The number of para-hydroxylation sites is 2. The van der Waals surface area contributed by atoms with Crippen molar-refractivity contribution in [3.63, 3.8) is 0 Å². The van der Waals surface area contributed by atoms with Crippen molar-refractivity contribution in [1.82, 2.24) is 0 Å². The van der Waals surface area contributed by atoms with Crippen LogP contribution in [0.1, 0.15) is 26.3 Å². The Hall–Kier alpha value is -3.66. The van der Waals surface area contributed by atoms with Crippen molar-refractivity contribution in [3.8, 4) is 0 Å². The summed E-state index contributed by atoms with van der Waals surface area (Å²) in [7, 11) is 0. The average Bonchev–Trinajstić information content (AvgIpc) is 3.05. The molecule has 148 valence electrons. The van der Waals surface area contributed by atoms with Crippen LogP contribution in [0.2, 0.25) is 0 Å². The van der Waals surface area contributed by atoms with Gasteiger partial charge in [-0.2, -0.15) is 0 Å². The number of hydrogen-bond acceptors (Lipinski definition) is 4. The molecule has 1 fully saturated rings. The number of ketones is 2. The van der Waals surface area contributed by atoms with Crippen molar-refractivity contribution in [2.75, 3.05) is 36.0 Å². The van der Waals surface area contributed by atoms with E-state index in [0.29, 0.717) is 11.1 Å². The number of carbonyl (C=O) groups is 2. The van der Waals surface area contributed by atoms with Gasteiger partial charge in [-0.25, -0.2) is 0 Å². The maximum Gasteiger partial charge on any atom is 0.197 e. The van der Waals surface area contributed by atoms with Crippen LogP contribution in [-0.4, -0.2) is 37.7 Å². The summed E-state index contributed by atoms with van der Waals surface area (Å²) in [6, 6.07) is 25.5. The van der Waals surface area contributed by atoms with E-state index < -0.39 is 0 Å². The van der Waals surface area contributed by atoms with E-state index in [1.54, 1.807) is 30.3 Å². The van der Waals surface area contributed by atoms with Crippen LogP contribution in [0.15, 0.2) is 84.4 Å². The Bertz CT molecular complexity index is 1110. The first-order valence-electron chi connectivity index (χ1n) is 10.3. The topological polar surface area (TPSA) is 40.6 Å². The lowest BCUT2D eigenvalue weighted by molar-refractivity contribution is 0.0990. The van der Waals surface area contributed by atoms with E-state index in [1.807, 2.05) is 24.3 Å². The smallest absolute Gasteiger partial charge is 0.197 e. The Kier molecular flexibility index (Phi) is 4.68. The van der Waals surface area contributed by atoms with Gasteiger partial charge in [0.1, 0.15) is 0 Å². The molecule has 30 heavy (non-hydrogen) atoms. The highest BCUT2D eigenvalue weighted by molar-refractivity contribution is 6.41. The number of nitrogens with zero attached hydrogens (tertiary/aromatic N) is 2. The summed E-state index contributed by atoms with van der Waals surface area (Å²) < 4.78 is 0. The number of benzene rings is 3. The zero-order chi connectivity index (χ0) is 20.5. The molecule has 0 aromatic heterocycles. The lowest BCUT2D eigenvalue weighted by atomic mass is 10.0. The number of carbonyl (C=O) groups excluding carboxylic acids is 2. The minimum absolute atomic E-state index is 0.181. The summed E-state index contributed by atoms with van der Waals surface area (Å²) >= 11 is 0. The fraction of sp³-hybridized carbons (Fsp3) is 0.154. The average molecular weight is 394 g/mol. The fourth-order valence-electron chi connectivity index (χ4n) is 4.30. The fourth-order valence-corrected chi connectivity index (χ4v) is 4.30. The molecule has 5 rings (SSSR count). The summed E-state index contributed by atoms with van der Waals surface area (Å²) in [6.07, 6.45) is 1.77. The Morgan fingerprint density at radius 3 is 1.80 bits per heavy atom. The van der Waals surface area contributed by atoms with Gasteiger partial charge in [-0.3, -0.25) is 9.59 Å². The quantitative estimate of drug-likeness (QED) is 0.485. The Balaban J connectivity index is 1.40. The van der Waals surface area contributed by atoms with Crippen LogP contribution in [0.5, 0.6) is 0 Å². The molecule has 0 radical (unpaired) electrons. The van der Waals surface area contributed by atoms with Gasteiger partial charge in [-0.1, -0.05) is 60.7 Å². The number of piperazine rings is 1. The molecule has 1 heterocycles. The molecule has 0 saturated carbocycles. The highest BCUT2D eigenvalue weighted by Gasteiger charge is 2.32. The second-order valence-corrected chi connectivity index (χ2v) is 7.63. The van der Waals surface area contributed by atoms with Gasteiger partial charge < -0.3 is 9.80 Å². The first-order valence-corrected chi connectivity index (χ1v) is 10.3. The van der Waals surface area contributed by atoms with Gasteiger partial charge in [0.2, 0.25) is 0 Å². The number of Topliss-reactive ketones (excluding diaryl/α,β-unsaturated/α-hetero) is 2. The maximum absolute atomic E-state index is 12.8.